The summed E-state index contributed by atoms with van der Waals surface area (Å²) in [7, 11) is 0. The number of aliphatic hydroxyl groups excluding tert-OH is 19. The molecule has 43 heteroatoms. The second-order valence-electron chi connectivity index (χ2n) is 26.0. The monoisotopic (exact) mass is 1540 g/mol. The quantitative estimate of drug-likeness (QED) is 0.0340. The number of ether oxygens (including phenoxy) is 16. The van der Waals surface area contributed by atoms with E-state index in [0.717, 1.165) is 23.5 Å². The summed E-state index contributed by atoms with van der Waals surface area (Å²) < 4.78 is 93.4. The van der Waals surface area contributed by atoms with Crippen molar-refractivity contribution in [3.8, 4) is 0 Å². The second kappa shape index (κ2) is 40.0. The lowest BCUT2D eigenvalue weighted by molar-refractivity contribution is -0.395. The van der Waals surface area contributed by atoms with Gasteiger partial charge in [-0.15, -0.1) is 0 Å². The molecule has 0 aliphatic carbocycles. The van der Waals surface area contributed by atoms with Crippen LogP contribution in [0.5, 0.6) is 0 Å². The van der Waals surface area contributed by atoms with Crippen molar-refractivity contribution in [2.75, 3.05) is 82.5 Å². The molecule has 21 aliphatic rings. The molecule has 0 aromatic carbocycles. The number of thioether (sulfide) groups is 2. The van der Waals surface area contributed by atoms with Gasteiger partial charge in [-0.3, -0.25) is 19.2 Å². The van der Waals surface area contributed by atoms with Gasteiger partial charge in [-0.2, -0.15) is 23.5 Å². The van der Waals surface area contributed by atoms with Crippen LogP contribution in [0.4, 0.5) is 0 Å². The number of hydrogen-bond donors (Lipinski definition) is 21. The molecular weight excluding hydrogens is 1440 g/mol. The van der Waals surface area contributed by atoms with Crippen molar-refractivity contribution in [3.05, 3.63) is 0 Å². The van der Waals surface area contributed by atoms with Gasteiger partial charge < -0.3 is 183 Å². The summed E-state index contributed by atoms with van der Waals surface area (Å²) in [4.78, 5) is 48.8. The lowest BCUT2D eigenvalue weighted by Crippen LogP contribution is -2.68. The number of aliphatic carboxylic acids is 2. The first kappa shape index (κ1) is 86.2. The van der Waals surface area contributed by atoms with E-state index < -0.39 is 290 Å². The van der Waals surface area contributed by atoms with Crippen LogP contribution in [0, 0.1) is 11.8 Å². The molecule has 0 aromatic rings. The summed E-state index contributed by atoms with van der Waals surface area (Å²) in [6, 6.07) is 0. The normalized spacial score (nSPS) is 44.9. The summed E-state index contributed by atoms with van der Waals surface area (Å²) >= 11 is 1.73. The Morgan fingerprint density at radius 2 is 0.563 bits per heavy atom. The predicted octanol–water partition coefficient (Wildman–Crippen LogP) is -11.6. The first-order valence-corrected chi connectivity index (χ1v) is 35.8. The number of carbonyl (C=O) groups excluding carboxylic acids is 2. The molecule has 103 heavy (non-hydrogen) atoms. The molecule has 14 bridgehead atoms. The zero-order valence-corrected chi connectivity index (χ0v) is 57.4. The van der Waals surface area contributed by atoms with Crippen molar-refractivity contribution in [3.63, 3.8) is 0 Å². The van der Waals surface area contributed by atoms with Crippen molar-refractivity contribution in [2.45, 2.75) is 254 Å². The average Bonchev–Trinajstić information content (AvgIpc) is 0.785. The number of hydrogen-bond acceptors (Lipinski definition) is 41. The Bertz CT molecular complexity index is 2610. The number of aliphatic hydroxyl groups is 19. The first-order valence-electron chi connectivity index (χ1n) is 33.5. The third-order valence-corrected chi connectivity index (χ3v) is 21.2. The number of ketones is 2. The Hall–Kier alpha value is -2.42. The third kappa shape index (κ3) is 21.0. The maximum Gasteiger partial charge on any atom is 0.307 e. The van der Waals surface area contributed by atoms with Gasteiger partial charge in [0, 0.05) is 42.3 Å². The zero-order chi connectivity index (χ0) is 75.4. The highest BCUT2D eigenvalue weighted by atomic mass is 32.2. The summed E-state index contributed by atoms with van der Waals surface area (Å²) in [5.41, 5.74) is 0. The maximum absolute atomic E-state index is 13.0. The Morgan fingerprint density at radius 3 is 0.796 bits per heavy atom. The fourth-order valence-electron chi connectivity index (χ4n) is 12.7. The molecule has 0 aromatic heterocycles. The van der Waals surface area contributed by atoms with Crippen LogP contribution in [0.2, 0.25) is 0 Å². The molecule has 0 radical (unpaired) electrons. The molecule has 21 rings (SSSR count). The SMILES string of the molecule is CCC(CSCC1O[C@H]2O[C@@H]3C(CO)O[C@H](O[C@@H]4C(CO)O[C@H](O[C@@H]5C(CO)O[C@@H](O[C@@H]6C(CSCC(CC(=O)CCOCCOCCC(C)=O)C(=O)O)O[C@H](O[C@@H]7C(CO)O[C@H](O[C@@H]8C(CO)O[C@H](O[C@H]1[C@H](O)C2O)C(O)[C@H]8O)C(O)[C@H]7O)C(O)[C@H]6O)C(O)[C@H]5O)C(O)[C@H]4O)C(O)[C@H]3O)C(=O)O. The van der Waals surface area contributed by atoms with Crippen LogP contribution in [-0.4, -0.2) is 428 Å². The number of Topliss-reactive ketones (excluding diaryl/α,β-unsaturated/α-hetero) is 2. The Kier molecular flexibility index (Phi) is 33.5. The summed E-state index contributed by atoms with van der Waals surface area (Å²) in [6.07, 6.45) is -72.7. The van der Waals surface area contributed by atoms with Crippen LogP contribution in [0.1, 0.15) is 39.5 Å². The Morgan fingerprint density at radius 1 is 0.330 bits per heavy atom. The van der Waals surface area contributed by atoms with Crippen LogP contribution < -0.4 is 0 Å². The van der Waals surface area contributed by atoms with Gasteiger partial charge >= 0.3 is 11.9 Å². The molecule has 37 atom stereocenters. The molecule has 21 heterocycles. The van der Waals surface area contributed by atoms with Crippen molar-refractivity contribution in [1.29, 1.82) is 0 Å². The smallest absolute Gasteiger partial charge is 0.307 e. The molecule has 21 fully saturated rings. The molecular formula is C60H98O41S2. The fraction of sp³-hybridized carbons (Fsp3) is 0.933. The highest BCUT2D eigenvalue weighted by Gasteiger charge is 2.60. The molecule has 0 saturated carbocycles. The van der Waals surface area contributed by atoms with Crippen molar-refractivity contribution in [1.82, 2.24) is 0 Å². The lowest BCUT2D eigenvalue weighted by atomic mass is 9.95. The van der Waals surface area contributed by atoms with Crippen molar-refractivity contribution in [2.24, 2.45) is 11.8 Å². The number of rotatable bonds is 27. The molecule has 21 aliphatic heterocycles. The highest BCUT2D eigenvalue weighted by molar-refractivity contribution is 7.99. The van der Waals surface area contributed by atoms with Gasteiger partial charge in [-0.25, -0.2) is 0 Å². The average molecular weight is 1540 g/mol. The van der Waals surface area contributed by atoms with E-state index >= 15 is 0 Å². The molecule has 21 saturated heterocycles. The van der Waals surface area contributed by atoms with E-state index in [2.05, 4.69) is 0 Å². The molecule has 41 nitrogen and oxygen atoms in total. The first-order chi connectivity index (χ1) is 49.0. The second-order valence-corrected chi connectivity index (χ2v) is 28.2. The van der Waals surface area contributed by atoms with Crippen LogP contribution in [0.25, 0.3) is 0 Å². The van der Waals surface area contributed by atoms with Gasteiger partial charge in [-0.1, -0.05) is 6.92 Å². The van der Waals surface area contributed by atoms with E-state index in [0.29, 0.717) is 0 Å². The number of carboxylic acids is 2. The number of carboxylic acid groups (broad SMARTS) is 2. The van der Waals surface area contributed by atoms with Crippen LogP contribution in [0.3, 0.4) is 0 Å². The third-order valence-electron chi connectivity index (χ3n) is 18.8. The molecule has 596 valence electrons. The van der Waals surface area contributed by atoms with Gasteiger partial charge in [0.2, 0.25) is 0 Å². The molecule has 0 amide bonds. The van der Waals surface area contributed by atoms with E-state index in [1.807, 2.05) is 0 Å². The summed E-state index contributed by atoms with van der Waals surface area (Å²) in [5.74, 6) is -6.75. The van der Waals surface area contributed by atoms with Gasteiger partial charge in [-0.05, 0) is 13.3 Å². The highest BCUT2D eigenvalue weighted by Crippen LogP contribution is 2.40. The van der Waals surface area contributed by atoms with Gasteiger partial charge in [0.05, 0.1) is 83.5 Å². The summed E-state index contributed by atoms with van der Waals surface area (Å²) in [5, 5.41) is 237. The minimum Gasteiger partial charge on any atom is -0.481 e. The lowest BCUT2D eigenvalue weighted by Gasteiger charge is -2.50. The van der Waals surface area contributed by atoms with E-state index in [9.17, 15) is 126 Å². The molecule has 0 spiro atoms. The standard InChI is InChI=1S/C60H98O41S2/c1-3-21(52(82)83)16-102-18-29-50-36(73)43(80)59(93-29)98-48-27(14-64)89-55(39(76)32(48)69)95-45-24(11-61)88-54(38(75)31(45)68)96-46-26(13-63)92-58(42(79)35(46)72)101-51-30(19-103-17-22(53(84)85)10-23(67)5-7-87-9-8-86-6-4-20(2)66)94-60(44(81)37(51)74)99-49-28(15-65)90-56(40(77)33(49)70)97-47-25(12-62)91-57(100-50)41(78)34(47)71/h21-22,24-51,54-65,68-81H,3-19H2,1-2H3,(H,82,83)(H,84,85)/t21?,22?,24?,25?,26?,27?,28?,29?,30?,31-,32-,33-,34-,35-,36-,37-,38?,39?,40?,41?,42?,43?,44?,45-,46-,47-,48-,49-,50-,51-,54-,55-,56-,57-,58+,59+,60-/m1/s1. The van der Waals surface area contributed by atoms with Crippen LogP contribution in [0.15, 0.2) is 0 Å². The van der Waals surface area contributed by atoms with Crippen molar-refractivity contribution < 1.29 is 202 Å². The minimum atomic E-state index is -2.31. The molecule has 16 unspecified atom stereocenters. The van der Waals surface area contributed by atoms with Gasteiger partial charge in [0.1, 0.15) is 170 Å². The van der Waals surface area contributed by atoms with E-state index in [4.69, 9.17) is 75.8 Å². The van der Waals surface area contributed by atoms with E-state index in [1.54, 1.807) is 6.92 Å². The van der Waals surface area contributed by atoms with Crippen LogP contribution in [-0.2, 0) is 95.0 Å². The van der Waals surface area contributed by atoms with Gasteiger partial charge in [0.25, 0.3) is 0 Å². The Balaban J connectivity index is 1.08. The Labute approximate surface area is 596 Å². The zero-order valence-electron chi connectivity index (χ0n) is 55.8. The number of carbonyl (C=O) groups is 4. The summed E-state index contributed by atoms with van der Waals surface area (Å²) in [6.45, 7) is -2.28. The largest absolute Gasteiger partial charge is 0.481 e. The van der Waals surface area contributed by atoms with Crippen LogP contribution >= 0.6 is 23.5 Å². The fourth-order valence-corrected chi connectivity index (χ4v) is 15.2. The van der Waals surface area contributed by atoms with Gasteiger partial charge in [0.15, 0.2) is 44.0 Å². The minimum absolute atomic E-state index is 0.0656. The maximum atomic E-state index is 13.0. The topological polar surface area (TPSA) is 641 Å². The van der Waals surface area contributed by atoms with Crippen molar-refractivity contribution >= 4 is 47.0 Å². The predicted molar refractivity (Wildman–Crippen MR) is 333 cm³/mol. The van der Waals surface area contributed by atoms with E-state index in [1.165, 1.54) is 6.92 Å². The van der Waals surface area contributed by atoms with E-state index in [-0.39, 0.29) is 68.7 Å². The molecule has 21 N–H and O–H groups in total.